The maximum Gasteiger partial charge on any atom is 0.252 e. The summed E-state index contributed by atoms with van der Waals surface area (Å²) in [5.74, 6) is 0. The van der Waals surface area contributed by atoms with Gasteiger partial charge in [-0.1, -0.05) is 18.2 Å². The second kappa shape index (κ2) is 3.31. The van der Waals surface area contributed by atoms with Crippen molar-refractivity contribution in [2.75, 3.05) is 5.73 Å². The van der Waals surface area contributed by atoms with E-state index in [-0.39, 0.29) is 0 Å². The number of carbonyl (C=O) groups excluding carboxylic acids is 1. The summed E-state index contributed by atoms with van der Waals surface area (Å²) in [5, 5.41) is 1.40. The Morgan fingerprint density at radius 1 is 1.21 bits per heavy atom. The fourth-order valence-electron chi connectivity index (χ4n) is 1.42. The molecule has 14 heavy (non-hydrogen) atoms. The zero-order valence-electron chi connectivity index (χ0n) is 7.33. The zero-order valence-corrected chi connectivity index (χ0v) is 8.08. The molecule has 3 heteroatoms. The third-order valence-corrected chi connectivity index (χ3v) is 2.36. The molecule has 0 amide bonds. The van der Waals surface area contributed by atoms with Crippen LogP contribution in [0.4, 0.5) is 5.69 Å². The fourth-order valence-corrected chi connectivity index (χ4v) is 1.54. The van der Waals surface area contributed by atoms with E-state index in [0.29, 0.717) is 11.3 Å². The molecule has 0 radical (unpaired) electrons. The zero-order chi connectivity index (χ0) is 10.1. The van der Waals surface area contributed by atoms with E-state index >= 15 is 0 Å². The Morgan fingerprint density at radius 2 is 2.00 bits per heavy atom. The number of fused-ring (bicyclic) bond motifs is 1. The minimum atomic E-state index is -0.463. The molecule has 0 saturated carbocycles. The summed E-state index contributed by atoms with van der Waals surface area (Å²) in [7, 11) is 0. The molecule has 0 aliphatic heterocycles. The topological polar surface area (TPSA) is 43.1 Å². The average molecular weight is 206 g/mol. The highest BCUT2D eigenvalue weighted by molar-refractivity contribution is 6.67. The van der Waals surface area contributed by atoms with E-state index in [1.807, 2.05) is 18.2 Å². The highest BCUT2D eigenvalue weighted by atomic mass is 35.5. The Hall–Kier alpha value is -1.54. The predicted molar refractivity (Wildman–Crippen MR) is 58.5 cm³/mol. The molecule has 2 N–H and O–H groups in total. The van der Waals surface area contributed by atoms with Crippen molar-refractivity contribution < 1.29 is 4.79 Å². The lowest BCUT2D eigenvalue weighted by Gasteiger charge is -2.02. The minimum absolute atomic E-state index is 0.463. The van der Waals surface area contributed by atoms with Crippen molar-refractivity contribution in [3.63, 3.8) is 0 Å². The van der Waals surface area contributed by atoms with E-state index in [0.717, 1.165) is 10.8 Å². The molecular formula is C11H8ClNO. The van der Waals surface area contributed by atoms with Crippen LogP contribution in [-0.4, -0.2) is 5.24 Å². The van der Waals surface area contributed by atoms with E-state index in [1.54, 1.807) is 18.2 Å². The first kappa shape index (κ1) is 9.03. The molecule has 0 spiro atoms. The summed E-state index contributed by atoms with van der Waals surface area (Å²) < 4.78 is 0. The average Bonchev–Trinajstić information content (AvgIpc) is 2.18. The van der Waals surface area contributed by atoms with Crippen LogP contribution in [0.5, 0.6) is 0 Å². The second-order valence-electron chi connectivity index (χ2n) is 3.06. The fraction of sp³-hybridized carbons (Fsp3) is 0. The van der Waals surface area contributed by atoms with Crippen LogP contribution >= 0.6 is 11.6 Å². The molecule has 2 aromatic carbocycles. The minimum Gasteiger partial charge on any atom is -0.398 e. The molecule has 2 nitrogen and oxygen atoms in total. The number of nitrogens with two attached hydrogens (primary N) is 1. The molecule has 0 aromatic heterocycles. The highest BCUT2D eigenvalue weighted by Crippen LogP contribution is 2.22. The maximum absolute atomic E-state index is 10.9. The van der Waals surface area contributed by atoms with Gasteiger partial charge in [-0.15, -0.1) is 0 Å². The van der Waals surface area contributed by atoms with Crippen LogP contribution in [-0.2, 0) is 0 Å². The van der Waals surface area contributed by atoms with Gasteiger partial charge in [0.05, 0.1) is 0 Å². The van der Waals surface area contributed by atoms with Gasteiger partial charge in [-0.3, -0.25) is 4.79 Å². The number of nitrogen functional groups attached to an aromatic ring is 1. The monoisotopic (exact) mass is 205 g/mol. The molecule has 0 aliphatic rings. The number of halogens is 1. The third kappa shape index (κ3) is 1.44. The highest BCUT2D eigenvalue weighted by Gasteiger charge is 2.03. The number of hydrogen-bond donors (Lipinski definition) is 1. The molecule has 0 saturated heterocycles. The van der Waals surface area contributed by atoms with Gasteiger partial charge in [0.25, 0.3) is 5.24 Å². The first-order chi connectivity index (χ1) is 6.68. The van der Waals surface area contributed by atoms with Crippen LogP contribution in [0.25, 0.3) is 10.8 Å². The molecule has 0 aliphatic carbocycles. The number of carbonyl (C=O) groups is 1. The summed E-state index contributed by atoms with van der Waals surface area (Å²) in [6.45, 7) is 0. The molecule has 0 atom stereocenters. The molecule has 2 rings (SSSR count). The van der Waals surface area contributed by atoms with E-state index in [1.165, 1.54) is 0 Å². The molecule has 0 bridgehead atoms. The standard InChI is InChI=1S/C11H8ClNO/c12-11(14)8-5-4-7-2-1-3-10(13)9(7)6-8/h1-6H,13H2. The normalized spacial score (nSPS) is 10.4. The molecule has 0 unspecified atom stereocenters. The van der Waals surface area contributed by atoms with Crippen molar-refractivity contribution in [3.8, 4) is 0 Å². The van der Waals surface area contributed by atoms with Crippen molar-refractivity contribution in [3.05, 3.63) is 42.0 Å². The third-order valence-electron chi connectivity index (χ3n) is 2.14. The summed E-state index contributed by atoms with van der Waals surface area (Å²) in [6, 6.07) is 10.8. The summed E-state index contributed by atoms with van der Waals surface area (Å²) >= 11 is 5.38. The Labute approximate surface area is 86.3 Å². The molecule has 2 aromatic rings. The largest absolute Gasteiger partial charge is 0.398 e. The van der Waals surface area contributed by atoms with E-state index in [4.69, 9.17) is 17.3 Å². The van der Waals surface area contributed by atoms with Gasteiger partial charge in [0.15, 0.2) is 0 Å². The van der Waals surface area contributed by atoms with Crippen LogP contribution in [0, 0.1) is 0 Å². The first-order valence-corrected chi connectivity index (χ1v) is 4.54. The van der Waals surface area contributed by atoms with Gasteiger partial charge in [-0.05, 0) is 35.2 Å². The molecule has 0 heterocycles. The number of benzene rings is 2. The second-order valence-corrected chi connectivity index (χ2v) is 3.40. The summed E-state index contributed by atoms with van der Waals surface area (Å²) in [4.78, 5) is 10.9. The van der Waals surface area contributed by atoms with Crippen molar-refractivity contribution in [1.82, 2.24) is 0 Å². The van der Waals surface area contributed by atoms with Crippen LogP contribution in [0.15, 0.2) is 36.4 Å². The van der Waals surface area contributed by atoms with Crippen molar-refractivity contribution >= 4 is 33.3 Å². The van der Waals surface area contributed by atoms with Gasteiger partial charge in [-0.2, -0.15) is 0 Å². The Morgan fingerprint density at radius 3 is 2.71 bits per heavy atom. The van der Waals surface area contributed by atoms with E-state index in [9.17, 15) is 4.79 Å². The van der Waals surface area contributed by atoms with Gasteiger partial charge in [0, 0.05) is 16.6 Å². The van der Waals surface area contributed by atoms with Gasteiger partial charge >= 0.3 is 0 Å². The van der Waals surface area contributed by atoms with Crippen LogP contribution in [0.2, 0.25) is 0 Å². The maximum atomic E-state index is 10.9. The Kier molecular flexibility index (Phi) is 2.14. The van der Waals surface area contributed by atoms with Gasteiger partial charge in [-0.25, -0.2) is 0 Å². The molecule has 0 fully saturated rings. The summed E-state index contributed by atoms with van der Waals surface area (Å²) in [5.41, 5.74) is 6.90. The lowest BCUT2D eigenvalue weighted by molar-refractivity contribution is 0.108. The SMILES string of the molecule is Nc1cccc2ccc(C(=O)Cl)cc12. The van der Waals surface area contributed by atoms with Crippen molar-refractivity contribution in [2.24, 2.45) is 0 Å². The number of rotatable bonds is 1. The van der Waals surface area contributed by atoms with Crippen molar-refractivity contribution in [2.45, 2.75) is 0 Å². The lowest BCUT2D eigenvalue weighted by atomic mass is 10.1. The Bertz CT molecular complexity index is 508. The molecule has 70 valence electrons. The van der Waals surface area contributed by atoms with Crippen molar-refractivity contribution in [1.29, 1.82) is 0 Å². The van der Waals surface area contributed by atoms with Crippen LogP contribution in [0.3, 0.4) is 0 Å². The lowest BCUT2D eigenvalue weighted by Crippen LogP contribution is -1.91. The number of hydrogen-bond acceptors (Lipinski definition) is 2. The predicted octanol–water partition coefficient (Wildman–Crippen LogP) is 2.80. The quantitative estimate of drug-likeness (QED) is 0.575. The Balaban J connectivity index is 2.76. The van der Waals surface area contributed by atoms with Gasteiger partial charge < -0.3 is 5.73 Å². The number of anilines is 1. The van der Waals surface area contributed by atoms with Crippen LogP contribution in [0.1, 0.15) is 10.4 Å². The summed E-state index contributed by atoms with van der Waals surface area (Å²) in [6.07, 6.45) is 0. The van der Waals surface area contributed by atoms with Gasteiger partial charge in [0.1, 0.15) is 0 Å². The smallest absolute Gasteiger partial charge is 0.252 e. The molecular weight excluding hydrogens is 198 g/mol. The van der Waals surface area contributed by atoms with E-state index < -0.39 is 5.24 Å². The first-order valence-electron chi connectivity index (χ1n) is 4.16. The van der Waals surface area contributed by atoms with E-state index in [2.05, 4.69) is 0 Å². The van der Waals surface area contributed by atoms with Crippen LogP contribution < -0.4 is 5.73 Å². The van der Waals surface area contributed by atoms with Gasteiger partial charge in [0.2, 0.25) is 0 Å².